The Balaban J connectivity index is 2.08. The van der Waals surface area contributed by atoms with Crippen LogP contribution in [0.3, 0.4) is 0 Å². The number of hydrogen-bond donors (Lipinski definition) is 3. The highest BCUT2D eigenvalue weighted by Crippen LogP contribution is 2.34. The van der Waals surface area contributed by atoms with Crippen molar-refractivity contribution in [3.63, 3.8) is 0 Å². The Morgan fingerprint density at radius 1 is 1.43 bits per heavy atom. The summed E-state index contributed by atoms with van der Waals surface area (Å²) in [5.41, 5.74) is 6.52. The number of imidazole rings is 1. The molecule has 1 unspecified atom stereocenters. The third-order valence-electron chi connectivity index (χ3n) is 2.82. The van der Waals surface area contributed by atoms with Gasteiger partial charge in [-0.3, -0.25) is 4.57 Å². The van der Waals surface area contributed by atoms with Crippen molar-refractivity contribution in [1.29, 1.82) is 0 Å². The van der Waals surface area contributed by atoms with Gasteiger partial charge in [0.1, 0.15) is 24.9 Å². The smallest absolute Gasteiger partial charge is 0.350 e. The number of alkyl halides is 1. The Hall–Kier alpha value is -1.61. The maximum Gasteiger partial charge on any atom is 0.350 e. The summed E-state index contributed by atoms with van der Waals surface area (Å²) in [6.07, 6.45) is 2.18. The molecule has 9 nitrogen and oxygen atoms in total. The van der Waals surface area contributed by atoms with Gasteiger partial charge in [-0.1, -0.05) is 0 Å². The van der Waals surface area contributed by atoms with Gasteiger partial charge in [0.25, 0.3) is 0 Å². The van der Waals surface area contributed by atoms with Crippen LogP contribution in [0.5, 0.6) is 0 Å². The highest BCUT2D eigenvalue weighted by molar-refractivity contribution is 7.51. The summed E-state index contributed by atoms with van der Waals surface area (Å²) in [5.74, 6) is 0.187. The minimum absolute atomic E-state index is 0.00698. The number of anilines is 1. The van der Waals surface area contributed by atoms with E-state index in [4.69, 9.17) is 20.3 Å². The van der Waals surface area contributed by atoms with E-state index in [0.717, 1.165) is 0 Å². The molecule has 0 saturated carbocycles. The van der Waals surface area contributed by atoms with E-state index < -0.39 is 26.7 Å². The molecule has 2 rings (SSSR count). The molecule has 1 atom stereocenters. The Morgan fingerprint density at radius 3 is 2.86 bits per heavy atom. The van der Waals surface area contributed by atoms with Crippen molar-refractivity contribution in [2.75, 3.05) is 25.4 Å². The van der Waals surface area contributed by atoms with Gasteiger partial charge in [-0.05, 0) is 6.42 Å². The van der Waals surface area contributed by atoms with E-state index in [1.54, 1.807) is 0 Å². The van der Waals surface area contributed by atoms with Crippen molar-refractivity contribution < 1.29 is 23.5 Å². The predicted octanol–water partition coefficient (Wildman–Crippen LogP) is 0.461. The number of aromatic nitrogens is 4. The van der Waals surface area contributed by atoms with Crippen molar-refractivity contribution in [2.45, 2.75) is 12.5 Å². The first-order valence-corrected chi connectivity index (χ1v) is 7.83. The van der Waals surface area contributed by atoms with E-state index in [0.29, 0.717) is 11.2 Å². The van der Waals surface area contributed by atoms with Crippen molar-refractivity contribution in [1.82, 2.24) is 19.5 Å². The SMILES string of the molecule is Nc1ncnc2ncn(C(CF)CCOCP(=O)(O)O)c12. The molecule has 0 aliphatic rings. The average molecular weight is 319 g/mol. The lowest BCUT2D eigenvalue weighted by atomic mass is 10.2. The van der Waals surface area contributed by atoms with Crippen LogP contribution in [0.1, 0.15) is 12.5 Å². The second kappa shape index (κ2) is 6.44. The van der Waals surface area contributed by atoms with E-state index in [1.165, 1.54) is 17.2 Å². The topological polar surface area (TPSA) is 136 Å². The Labute approximate surface area is 119 Å². The Bertz CT molecular complexity index is 660. The van der Waals surface area contributed by atoms with Gasteiger partial charge < -0.3 is 24.8 Å². The van der Waals surface area contributed by atoms with Crippen LogP contribution in [-0.2, 0) is 9.30 Å². The molecular formula is C10H15FN5O4P. The predicted molar refractivity (Wildman–Crippen MR) is 72.2 cm³/mol. The minimum atomic E-state index is -4.22. The third-order valence-corrected chi connectivity index (χ3v) is 3.34. The van der Waals surface area contributed by atoms with Crippen molar-refractivity contribution >= 4 is 24.6 Å². The van der Waals surface area contributed by atoms with Crippen LogP contribution in [0.15, 0.2) is 12.7 Å². The standard InChI is InChI=1S/C10H15FN5O4P/c11-3-7(1-2-20-6-21(17,18)19)16-5-15-10-8(16)9(12)13-4-14-10/h4-5,7H,1-3,6H2,(H2,12,13,14)(H2,17,18,19). The van der Waals surface area contributed by atoms with Crippen LogP contribution in [-0.4, -0.2) is 48.9 Å². The molecular weight excluding hydrogens is 304 g/mol. The molecule has 0 amide bonds. The summed E-state index contributed by atoms with van der Waals surface area (Å²) < 4.78 is 30.2. The average Bonchev–Trinajstić information content (AvgIpc) is 2.83. The number of nitrogen functional groups attached to an aromatic ring is 1. The van der Waals surface area contributed by atoms with Gasteiger partial charge in [0.05, 0.1) is 12.4 Å². The number of nitrogens with zero attached hydrogens (tertiary/aromatic N) is 4. The quantitative estimate of drug-likeness (QED) is 0.494. The largest absolute Gasteiger partial charge is 0.382 e. The van der Waals surface area contributed by atoms with E-state index in [9.17, 15) is 8.96 Å². The van der Waals surface area contributed by atoms with Crippen LogP contribution in [0.4, 0.5) is 10.2 Å². The minimum Gasteiger partial charge on any atom is -0.382 e. The van der Waals surface area contributed by atoms with Gasteiger partial charge in [0, 0.05) is 6.61 Å². The number of rotatable bonds is 7. The molecule has 116 valence electrons. The molecule has 4 N–H and O–H groups in total. The molecule has 0 radical (unpaired) electrons. The molecule has 2 aromatic rings. The van der Waals surface area contributed by atoms with Gasteiger partial charge in [-0.15, -0.1) is 0 Å². The zero-order valence-corrected chi connectivity index (χ0v) is 11.9. The zero-order chi connectivity index (χ0) is 15.5. The van der Waals surface area contributed by atoms with Gasteiger partial charge in [0.2, 0.25) is 0 Å². The van der Waals surface area contributed by atoms with Crippen molar-refractivity contribution in [2.24, 2.45) is 0 Å². The van der Waals surface area contributed by atoms with Crippen LogP contribution < -0.4 is 5.73 Å². The summed E-state index contributed by atoms with van der Waals surface area (Å²) in [6, 6.07) is -0.625. The van der Waals surface area contributed by atoms with Gasteiger partial charge in [-0.25, -0.2) is 19.3 Å². The molecule has 0 aliphatic carbocycles. The maximum atomic E-state index is 13.2. The molecule has 0 aliphatic heterocycles. The van der Waals surface area contributed by atoms with Crippen molar-refractivity contribution in [3.05, 3.63) is 12.7 Å². The lowest BCUT2D eigenvalue weighted by molar-refractivity contribution is 0.138. The number of ether oxygens (including phenoxy) is 1. The normalized spacial score (nSPS) is 13.7. The summed E-state index contributed by atoms with van der Waals surface area (Å²) in [6.45, 7) is -0.716. The number of hydrogen-bond acceptors (Lipinski definition) is 6. The number of fused-ring (bicyclic) bond motifs is 1. The van der Waals surface area contributed by atoms with E-state index in [2.05, 4.69) is 15.0 Å². The van der Waals surface area contributed by atoms with Crippen LogP contribution in [0, 0.1) is 0 Å². The second-order valence-electron chi connectivity index (χ2n) is 4.38. The molecule has 0 spiro atoms. The highest BCUT2D eigenvalue weighted by Gasteiger charge is 2.18. The molecule has 0 bridgehead atoms. The summed E-state index contributed by atoms with van der Waals surface area (Å²) in [4.78, 5) is 29.1. The molecule has 2 aromatic heterocycles. The first kappa shape index (κ1) is 15.8. The fraction of sp³-hybridized carbons (Fsp3) is 0.500. The number of nitrogens with two attached hydrogens (primary N) is 1. The number of halogens is 1. The Morgan fingerprint density at radius 2 is 2.19 bits per heavy atom. The molecule has 0 aromatic carbocycles. The molecule has 11 heteroatoms. The third kappa shape index (κ3) is 3.94. The summed E-state index contributed by atoms with van der Waals surface area (Å²) >= 11 is 0. The lowest BCUT2D eigenvalue weighted by Crippen LogP contribution is -2.14. The molecule has 21 heavy (non-hydrogen) atoms. The van der Waals surface area contributed by atoms with E-state index in [-0.39, 0.29) is 18.8 Å². The maximum absolute atomic E-state index is 13.2. The fourth-order valence-corrected chi connectivity index (χ4v) is 2.24. The van der Waals surface area contributed by atoms with Gasteiger partial charge in [0.15, 0.2) is 11.5 Å². The van der Waals surface area contributed by atoms with Crippen LogP contribution in [0.2, 0.25) is 0 Å². The fourth-order valence-electron chi connectivity index (χ4n) is 1.87. The molecule has 0 fully saturated rings. The second-order valence-corrected chi connectivity index (χ2v) is 5.97. The Kier molecular flexibility index (Phi) is 4.84. The lowest BCUT2D eigenvalue weighted by Gasteiger charge is -2.16. The monoisotopic (exact) mass is 319 g/mol. The van der Waals surface area contributed by atoms with Crippen molar-refractivity contribution in [3.8, 4) is 0 Å². The summed E-state index contributed by atoms with van der Waals surface area (Å²) in [7, 11) is -4.22. The first-order chi connectivity index (χ1) is 9.92. The van der Waals surface area contributed by atoms with Gasteiger partial charge >= 0.3 is 7.60 Å². The van der Waals surface area contributed by atoms with Gasteiger partial charge in [-0.2, -0.15) is 0 Å². The first-order valence-electron chi connectivity index (χ1n) is 6.03. The highest BCUT2D eigenvalue weighted by atomic mass is 31.2. The van der Waals surface area contributed by atoms with Crippen LogP contribution >= 0.6 is 7.60 Å². The van der Waals surface area contributed by atoms with Crippen LogP contribution in [0.25, 0.3) is 11.2 Å². The van der Waals surface area contributed by atoms with E-state index in [1.807, 2.05) is 0 Å². The zero-order valence-electron chi connectivity index (χ0n) is 11.0. The molecule has 0 saturated heterocycles. The molecule has 2 heterocycles. The summed E-state index contributed by atoms with van der Waals surface area (Å²) in [5, 5.41) is 0. The van der Waals surface area contributed by atoms with E-state index >= 15 is 0 Å².